The monoisotopic (exact) mass is 297 g/mol. The average molecular weight is 297 g/mol. The second-order valence-electron chi connectivity index (χ2n) is 6.47. The summed E-state index contributed by atoms with van der Waals surface area (Å²) < 4.78 is 0. The van der Waals surface area contributed by atoms with E-state index in [1.807, 2.05) is 24.3 Å². The standard InChI is InChI=1S/C17H19N3O2/c21-16(13-8-10-5-6-11(13)7-10)19-20-17(22)14-9-18-15-4-2-1-3-12(14)15/h1-4,9-11,13,18H,5-8H2,(H,19,21)(H,20,22). The van der Waals surface area contributed by atoms with Gasteiger partial charge >= 0.3 is 0 Å². The zero-order valence-electron chi connectivity index (χ0n) is 12.3. The van der Waals surface area contributed by atoms with Gasteiger partial charge in [0, 0.05) is 23.0 Å². The molecule has 0 radical (unpaired) electrons. The molecule has 1 heterocycles. The van der Waals surface area contributed by atoms with Crippen LogP contribution in [0.4, 0.5) is 0 Å². The number of amides is 2. The lowest BCUT2D eigenvalue weighted by Gasteiger charge is -2.20. The molecule has 1 aromatic heterocycles. The highest BCUT2D eigenvalue weighted by molar-refractivity contribution is 6.07. The van der Waals surface area contributed by atoms with Crippen LogP contribution in [0.25, 0.3) is 10.9 Å². The van der Waals surface area contributed by atoms with Gasteiger partial charge in [-0.15, -0.1) is 0 Å². The molecule has 2 bridgehead atoms. The number of rotatable bonds is 2. The lowest BCUT2D eigenvalue weighted by molar-refractivity contribution is -0.127. The minimum absolute atomic E-state index is 0.0413. The molecule has 0 aliphatic heterocycles. The van der Waals surface area contributed by atoms with Crippen LogP contribution in [0.1, 0.15) is 36.0 Å². The zero-order chi connectivity index (χ0) is 15.1. The molecule has 3 unspecified atom stereocenters. The third-order valence-corrected chi connectivity index (χ3v) is 5.21. The fraction of sp³-hybridized carbons (Fsp3) is 0.412. The Kier molecular flexibility index (Phi) is 3.13. The third kappa shape index (κ3) is 2.17. The molecule has 22 heavy (non-hydrogen) atoms. The molecule has 0 saturated heterocycles. The van der Waals surface area contributed by atoms with E-state index < -0.39 is 0 Å². The predicted octanol–water partition coefficient (Wildman–Crippen LogP) is 2.37. The molecule has 2 amide bonds. The maximum Gasteiger partial charge on any atom is 0.271 e. The maximum atomic E-state index is 12.3. The number of nitrogens with one attached hydrogen (secondary N) is 3. The number of aromatic nitrogens is 1. The maximum absolute atomic E-state index is 12.3. The number of hydrogen-bond acceptors (Lipinski definition) is 2. The first-order chi connectivity index (χ1) is 10.7. The van der Waals surface area contributed by atoms with Crippen molar-refractivity contribution < 1.29 is 9.59 Å². The number of H-pyrrole nitrogens is 1. The number of hydrazine groups is 1. The van der Waals surface area contributed by atoms with E-state index in [0.29, 0.717) is 17.4 Å². The zero-order valence-corrected chi connectivity index (χ0v) is 12.3. The smallest absolute Gasteiger partial charge is 0.271 e. The Morgan fingerprint density at radius 1 is 1.09 bits per heavy atom. The normalized spacial score (nSPS) is 26.3. The molecule has 2 fully saturated rings. The van der Waals surface area contributed by atoms with E-state index in [-0.39, 0.29) is 17.7 Å². The number of para-hydroxylation sites is 1. The van der Waals surface area contributed by atoms with E-state index in [0.717, 1.165) is 23.7 Å². The largest absolute Gasteiger partial charge is 0.360 e. The molecule has 1 aromatic carbocycles. The van der Waals surface area contributed by atoms with Crippen molar-refractivity contribution in [1.29, 1.82) is 0 Å². The minimum atomic E-state index is -0.283. The van der Waals surface area contributed by atoms with Gasteiger partial charge in [0.25, 0.3) is 5.91 Å². The van der Waals surface area contributed by atoms with Gasteiger partial charge in [0.15, 0.2) is 0 Å². The number of aromatic amines is 1. The molecule has 4 rings (SSSR count). The third-order valence-electron chi connectivity index (χ3n) is 5.21. The van der Waals surface area contributed by atoms with Crippen molar-refractivity contribution in [3.63, 3.8) is 0 Å². The summed E-state index contributed by atoms with van der Waals surface area (Å²) in [6, 6.07) is 7.61. The molecule has 3 atom stereocenters. The highest BCUT2D eigenvalue weighted by Crippen LogP contribution is 2.48. The lowest BCUT2D eigenvalue weighted by Crippen LogP contribution is -2.45. The van der Waals surface area contributed by atoms with E-state index in [9.17, 15) is 9.59 Å². The van der Waals surface area contributed by atoms with Gasteiger partial charge in [-0.1, -0.05) is 24.6 Å². The van der Waals surface area contributed by atoms with Crippen LogP contribution in [0.3, 0.4) is 0 Å². The molecular weight excluding hydrogens is 278 g/mol. The van der Waals surface area contributed by atoms with E-state index in [2.05, 4.69) is 15.8 Å². The van der Waals surface area contributed by atoms with E-state index in [1.165, 1.54) is 12.8 Å². The van der Waals surface area contributed by atoms with E-state index in [4.69, 9.17) is 0 Å². The highest BCUT2D eigenvalue weighted by atomic mass is 16.2. The number of hydrogen-bond donors (Lipinski definition) is 3. The van der Waals surface area contributed by atoms with Gasteiger partial charge in [0.05, 0.1) is 5.56 Å². The van der Waals surface area contributed by atoms with Crippen molar-refractivity contribution in [2.45, 2.75) is 25.7 Å². The van der Waals surface area contributed by atoms with Crippen molar-refractivity contribution in [2.24, 2.45) is 17.8 Å². The summed E-state index contributed by atoms with van der Waals surface area (Å²) in [5, 5.41) is 0.856. The summed E-state index contributed by atoms with van der Waals surface area (Å²) in [5.74, 6) is 0.969. The fourth-order valence-electron chi connectivity index (χ4n) is 4.10. The van der Waals surface area contributed by atoms with Crippen molar-refractivity contribution in [3.05, 3.63) is 36.0 Å². The summed E-state index contributed by atoms with van der Waals surface area (Å²) >= 11 is 0. The van der Waals surface area contributed by atoms with E-state index in [1.54, 1.807) is 6.20 Å². The molecule has 5 heteroatoms. The second-order valence-corrected chi connectivity index (χ2v) is 6.47. The SMILES string of the molecule is O=C(NNC(=O)C1CC2CCC1C2)c1c[nH]c2ccccc12. The van der Waals surface area contributed by atoms with Crippen LogP contribution in [0.15, 0.2) is 30.5 Å². The van der Waals surface area contributed by atoms with Gasteiger partial charge in [-0.25, -0.2) is 0 Å². The Morgan fingerprint density at radius 2 is 1.95 bits per heavy atom. The number of carbonyl (C=O) groups excluding carboxylic acids is 2. The van der Waals surface area contributed by atoms with Crippen LogP contribution in [-0.4, -0.2) is 16.8 Å². The van der Waals surface area contributed by atoms with Crippen LogP contribution in [0.5, 0.6) is 0 Å². The predicted molar refractivity (Wildman–Crippen MR) is 82.8 cm³/mol. The number of benzene rings is 1. The minimum Gasteiger partial charge on any atom is -0.360 e. The van der Waals surface area contributed by atoms with Crippen LogP contribution in [0.2, 0.25) is 0 Å². The van der Waals surface area contributed by atoms with E-state index >= 15 is 0 Å². The van der Waals surface area contributed by atoms with Crippen molar-refractivity contribution >= 4 is 22.7 Å². The molecule has 114 valence electrons. The van der Waals surface area contributed by atoms with Crippen molar-refractivity contribution in [2.75, 3.05) is 0 Å². The first-order valence-corrected chi connectivity index (χ1v) is 7.88. The quantitative estimate of drug-likeness (QED) is 0.744. The summed E-state index contributed by atoms with van der Waals surface area (Å²) in [5.41, 5.74) is 6.62. The van der Waals surface area contributed by atoms with Crippen LogP contribution in [-0.2, 0) is 4.79 Å². The molecule has 2 aliphatic rings. The molecule has 5 nitrogen and oxygen atoms in total. The van der Waals surface area contributed by atoms with Crippen LogP contribution < -0.4 is 10.9 Å². The van der Waals surface area contributed by atoms with Crippen molar-refractivity contribution in [1.82, 2.24) is 15.8 Å². The molecular formula is C17H19N3O2. The summed E-state index contributed by atoms with van der Waals surface area (Å²) in [6.07, 6.45) is 6.23. The van der Waals surface area contributed by atoms with Gasteiger partial charge in [0.1, 0.15) is 0 Å². The summed E-state index contributed by atoms with van der Waals surface area (Å²) in [6.45, 7) is 0. The first kappa shape index (κ1) is 13.4. The molecule has 2 saturated carbocycles. The summed E-state index contributed by atoms with van der Waals surface area (Å²) in [4.78, 5) is 27.6. The van der Waals surface area contributed by atoms with Gasteiger partial charge < -0.3 is 4.98 Å². The topological polar surface area (TPSA) is 74.0 Å². The number of fused-ring (bicyclic) bond motifs is 3. The van der Waals surface area contributed by atoms with Gasteiger partial charge in [0.2, 0.25) is 5.91 Å². The first-order valence-electron chi connectivity index (χ1n) is 7.88. The Morgan fingerprint density at radius 3 is 2.73 bits per heavy atom. The van der Waals surface area contributed by atoms with Crippen LogP contribution >= 0.6 is 0 Å². The molecule has 2 aliphatic carbocycles. The van der Waals surface area contributed by atoms with Gasteiger partial charge in [-0.3, -0.25) is 20.4 Å². The van der Waals surface area contributed by atoms with Crippen molar-refractivity contribution in [3.8, 4) is 0 Å². The Labute approximate surface area is 128 Å². The molecule has 2 aromatic rings. The Hall–Kier alpha value is -2.30. The average Bonchev–Trinajstić information content (AvgIpc) is 3.26. The van der Waals surface area contributed by atoms with Gasteiger partial charge in [-0.2, -0.15) is 0 Å². The fourth-order valence-corrected chi connectivity index (χ4v) is 4.10. The van der Waals surface area contributed by atoms with Gasteiger partial charge in [-0.05, 0) is 37.2 Å². The molecule has 0 spiro atoms. The number of carbonyl (C=O) groups is 2. The Balaban J connectivity index is 1.41. The Bertz CT molecular complexity index is 736. The second kappa shape index (κ2) is 5.16. The highest BCUT2D eigenvalue weighted by Gasteiger charge is 2.43. The molecule has 3 N–H and O–H groups in total. The lowest BCUT2D eigenvalue weighted by atomic mass is 9.88. The van der Waals surface area contributed by atoms with Crippen LogP contribution in [0, 0.1) is 17.8 Å². The summed E-state index contributed by atoms with van der Waals surface area (Å²) in [7, 11) is 0.